The molecule has 2 aliphatic heterocycles. The predicted octanol–water partition coefficient (Wildman–Crippen LogP) is 0.495. The molecule has 2 fully saturated rings. The molecule has 3 rings (SSSR count). The maximum atomic E-state index is 12.5. The monoisotopic (exact) mass is 344 g/mol. The van der Waals surface area contributed by atoms with Crippen LogP contribution in [0.4, 0.5) is 0 Å². The van der Waals surface area contributed by atoms with Crippen LogP contribution in [-0.4, -0.2) is 90.3 Å². The van der Waals surface area contributed by atoms with Gasteiger partial charge in [0.25, 0.3) is 0 Å². The van der Waals surface area contributed by atoms with Crippen LogP contribution in [0.25, 0.3) is 0 Å². The summed E-state index contributed by atoms with van der Waals surface area (Å²) in [5, 5.41) is 0. The van der Waals surface area contributed by atoms with Gasteiger partial charge in [0, 0.05) is 58.9 Å². The zero-order valence-electron chi connectivity index (χ0n) is 15.1. The standard InChI is InChI=1S/C19H28N4O2/c1-2-20-8-12-22(13-9-20)18(24)19(25)23-14-10-21(11-15-23)16-17-6-4-3-5-7-17/h3-7H,2,8-16H2,1H3. The summed E-state index contributed by atoms with van der Waals surface area (Å²) in [4.78, 5) is 33.1. The van der Waals surface area contributed by atoms with E-state index in [-0.39, 0.29) is 11.8 Å². The molecule has 2 aliphatic rings. The van der Waals surface area contributed by atoms with Gasteiger partial charge in [-0.1, -0.05) is 37.3 Å². The van der Waals surface area contributed by atoms with E-state index in [1.807, 2.05) is 18.2 Å². The van der Waals surface area contributed by atoms with Crippen molar-refractivity contribution in [1.82, 2.24) is 19.6 Å². The molecule has 0 bridgehead atoms. The van der Waals surface area contributed by atoms with Crippen molar-refractivity contribution < 1.29 is 9.59 Å². The van der Waals surface area contributed by atoms with Crippen LogP contribution in [0.3, 0.4) is 0 Å². The molecule has 0 atom stereocenters. The lowest BCUT2D eigenvalue weighted by atomic mass is 10.2. The number of nitrogens with zero attached hydrogens (tertiary/aromatic N) is 4. The van der Waals surface area contributed by atoms with E-state index in [0.29, 0.717) is 26.2 Å². The molecular formula is C19H28N4O2. The van der Waals surface area contributed by atoms with E-state index >= 15 is 0 Å². The first-order chi connectivity index (χ1) is 12.2. The number of piperazine rings is 2. The van der Waals surface area contributed by atoms with Gasteiger partial charge in [0.1, 0.15) is 0 Å². The van der Waals surface area contributed by atoms with Gasteiger partial charge in [-0.25, -0.2) is 0 Å². The largest absolute Gasteiger partial charge is 0.332 e. The van der Waals surface area contributed by atoms with Crippen LogP contribution >= 0.6 is 0 Å². The minimum atomic E-state index is -0.329. The van der Waals surface area contributed by atoms with Gasteiger partial charge in [0.05, 0.1) is 0 Å². The van der Waals surface area contributed by atoms with Gasteiger partial charge < -0.3 is 14.7 Å². The summed E-state index contributed by atoms with van der Waals surface area (Å²) < 4.78 is 0. The number of rotatable bonds is 3. The Hall–Kier alpha value is -1.92. The second-order valence-electron chi connectivity index (χ2n) is 6.78. The third-order valence-electron chi connectivity index (χ3n) is 5.20. The number of hydrogen-bond donors (Lipinski definition) is 0. The molecule has 0 aromatic heterocycles. The average molecular weight is 344 g/mol. The Morgan fingerprint density at radius 3 is 1.72 bits per heavy atom. The zero-order valence-corrected chi connectivity index (χ0v) is 15.1. The fraction of sp³-hybridized carbons (Fsp3) is 0.579. The van der Waals surface area contributed by atoms with E-state index in [2.05, 4.69) is 28.9 Å². The van der Waals surface area contributed by atoms with Crippen LogP contribution in [-0.2, 0) is 16.1 Å². The molecule has 25 heavy (non-hydrogen) atoms. The third kappa shape index (κ3) is 4.58. The van der Waals surface area contributed by atoms with Gasteiger partial charge >= 0.3 is 11.8 Å². The summed E-state index contributed by atoms with van der Waals surface area (Å²) in [6, 6.07) is 10.4. The molecule has 0 unspecified atom stereocenters. The first-order valence-electron chi connectivity index (χ1n) is 9.24. The summed E-state index contributed by atoms with van der Waals surface area (Å²) in [5.74, 6) is -0.656. The molecule has 6 nitrogen and oxygen atoms in total. The Balaban J connectivity index is 1.46. The number of carbonyl (C=O) groups excluding carboxylic acids is 2. The van der Waals surface area contributed by atoms with E-state index < -0.39 is 0 Å². The first-order valence-corrected chi connectivity index (χ1v) is 9.24. The highest BCUT2D eigenvalue weighted by molar-refractivity contribution is 6.34. The molecule has 6 heteroatoms. The molecule has 0 radical (unpaired) electrons. The smallest absolute Gasteiger partial charge is 0.312 e. The van der Waals surface area contributed by atoms with Crippen molar-refractivity contribution in [1.29, 1.82) is 0 Å². The Morgan fingerprint density at radius 1 is 0.760 bits per heavy atom. The van der Waals surface area contributed by atoms with E-state index in [0.717, 1.165) is 39.3 Å². The molecule has 136 valence electrons. The van der Waals surface area contributed by atoms with Crippen molar-refractivity contribution in [3.05, 3.63) is 35.9 Å². The second kappa shape index (κ2) is 8.45. The normalized spacial score (nSPS) is 19.9. The Kier molecular flexibility index (Phi) is 6.04. The van der Waals surface area contributed by atoms with Gasteiger partial charge in [-0.15, -0.1) is 0 Å². The highest BCUT2D eigenvalue weighted by atomic mass is 16.2. The maximum absolute atomic E-state index is 12.5. The van der Waals surface area contributed by atoms with Crippen LogP contribution in [0.2, 0.25) is 0 Å². The lowest BCUT2D eigenvalue weighted by molar-refractivity contribution is -0.153. The van der Waals surface area contributed by atoms with Crippen LogP contribution in [0.15, 0.2) is 30.3 Å². The van der Waals surface area contributed by atoms with E-state index in [1.54, 1.807) is 9.80 Å². The molecule has 0 N–H and O–H groups in total. The number of likely N-dealkylation sites (N-methyl/N-ethyl adjacent to an activating group) is 1. The summed E-state index contributed by atoms with van der Waals surface area (Å²) in [6.07, 6.45) is 0. The molecule has 0 saturated carbocycles. The van der Waals surface area contributed by atoms with Crippen molar-refractivity contribution in [2.75, 3.05) is 58.9 Å². The minimum Gasteiger partial charge on any atom is -0.332 e. The van der Waals surface area contributed by atoms with E-state index in [1.165, 1.54) is 5.56 Å². The third-order valence-corrected chi connectivity index (χ3v) is 5.20. The predicted molar refractivity (Wildman–Crippen MR) is 97.0 cm³/mol. The van der Waals surface area contributed by atoms with Crippen molar-refractivity contribution in [2.45, 2.75) is 13.5 Å². The van der Waals surface area contributed by atoms with Crippen LogP contribution in [0.5, 0.6) is 0 Å². The first kappa shape index (κ1) is 17.9. The second-order valence-corrected chi connectivity index (χ2v) is 6.78. The maximum Gasteiger partial charge on any atom is 0.312 e. The SMILES string of the molecule is CCN1CCN(C(=O)C(=O)N2CCN(Cc3ccccc3)CC2)CC1. The Morgan fingerprint density at radius 2 is 1.24 bits per heavy atom. The molecular weight excluding hydrogens is 316 g/mol. The lowest BCUT2D eigenvalue weighted by Crippen LogP contribution is -2.56. The molecule has 2 saturated heterocycles. The van der Waals surface area contributed by atoms with Gasteiger partial charge in [-0.05, 0) is 12.1 Å². The molecule has 2 heterocycles. The quantitative estimate of drug-likeness (QED) is 0.749. The minimum absolute atomic E-state index is 0.327. The van der Waals surface area contributed by atoms with Crippen molar-refractivity contribution in [3.63, 3.8) is 0 Å². The van der Waals surface area contributed by atoms with E-state index in [9.17, 15) is 9.59 Å². The van der Waals surface area contributed by atoms with Gasteiger partial charge in [-0.2, -0.15) is 0 Å². The van der Waals surface area contributed by atoms with Gasteiger partial charge in [0.2, 0.25) is 0 Å². The van der Waals surface area contributed by atoms with Crippen LogP contribution in [0, 0.1) is 0 Å². The molecule has 1 aromatic carbocycles. The zero-order chi connectivity index (χ0) is 17.6. The molecule has 0 spiro atoms. The number of hydrogen-bond acceptors (Lipinski definition) is 4. The van der Waals surface area contributed by atoms with Crippen LogP contribution < -0.4 is 0 Å². The molecule has 0 aliphatic carbocycles. The fourth-order valence-corrected chi connectivity index (χ4v) is 3.49. The molecule has 1 aromatic rings. The molecule has 2 amide bonds. The van der Waals surface area contributed by atoms with Crippen LogP contribution in [0.1, 0.15) is 12.5 Å². The number of benzene rings is 1. The summed E-state index contributed by atoms with van der Waals surface area (Å²) >= 11 is 0. The van der Waals surface area contributed by atoms with Crippen molar-refractivity contribution in [2.24, 2.45) is 0 Å². The van der Waals surface area contributed by atoms with Crippen molar-refractivity contribution >= 4 is 11.8 Å². The number of carbonyl (C=O) groups is 2. The van der Waals surface area contributed by atoms with Gasteiger partial charge in [0.15, 0.2) is 0 Å². The Labute approximate surface area is 150 Å². The summed E-state index contributed by atoms with van der Waals surface area (Å²) in [7, 11) is 0. The summed E-state index contributed by atoms with van der Waals surface area (Å²) in [6.45, 7) is 9.96. The lowest BCUT2D eigenvalue weighted by Gasteiger charge is -2.37. The van der Waals surface area contributed by atoms with Crippen molar-refractivity contribution in [3.8, 4) is 0 Å². The van der Waals surface area contributed by atoms with E-state index in [4.69, 9.17) is 0 Å². The fourth-order valence-electron chi connectivity index (χ4n) is 3.49. The Bertz CT molecular complexity index is 576. The summed E-state index contributed by atoms with van der Waals surface area (Å²) in [5.41, 5.74) is 1.28. The highest BCUT2D eigenvalue weighted by Gasteiger charge is 2.31. The highest BCUT2D eigenvalue weighted by Crippen LogP contribution is 2.10. The average Bonchev–Trinajstić information content (AvgIpc) is 2.68. The number of amides is 2. The van der Waals surface area contributed by atoms with Gasteiger partial charge in [-0.3, -0.25) is 14.5 Å². The topological polar surface area (TPSA) is 47.1 Å².